The van der Waals surface area contributed by atoms with E-state index in [2.05, 4.69) is 21.6 Å². The molecule has 34 heavy (non-hydrogen) atoms. The molecular weight excluding hydrogens is 470 g/mol. The first-order valence-corrected chi connectivity index (χ1v) is 12.9. The molecule has 2 aliphatic rings. The Morgan fingerprint density at radius 2 is 1.88 bits per heavy atom. The van der Waals surface area contributed by atoms with Gasteiger partial charge >= 0.3 is 0 Å². The number of rotatable bonds is 6. The van der Waals surface area contributed by atoms with Crippen LogP contribution in [0.1, 0.15) is 18.4 Å². The number of aromatic nitrogens is 2. The topological polar surface area (TPSA) is 95.5 Å². The third kappa shape index (κ3) is 4.83. The highest BCUT2D eigenvalue weighted by atomic mass is 32.2. The molecule has 1 aromatic heterocycles. The summed E-state index contributed by atoms with van der Waals surface area (Å²) in [5.74, 6) is -0.491. The molecule has 0 saturated carbocycles. The Balaban J connectivity index is 1.15. The number of para-hydroxylation sites is 2. The van der Waals surface area contributed by atoms with Crippen molar-refractivity contribution in [2.75, 3.05) is 34.0 Å². The highest BCUT2D eigenvalue weighted by Crippen LogP contribution is 2.31. The van der Waals surface area contributed by atoms with Gasteiger partial charge in [-0.2, -0.15) is 0 Å². The summed E-state index contributed by atoms with van der Waals surface area (Å²) in [6.07, 6.45) is 2.10. The standard InChI is InChI=1S/C24H23N5O3S2/c30-20-13-17(14-29(20)18-9-2-1-3-10-18)22(32)25-23-26-27-24(34-23)33-15-21(31)28-12-6-8-16-7-4-5-11-19(16)28/h1-5,7,9-11,17H,6,8,12-15H2,(H,25,26,32)/t17-/m0/s1. The van der Waals surface area contributed by atoms with Gasteiger partial charge in [0.25, 0.3) is 0 Å². The van der Waals surface area contributed by atoms with Crippen molar-refractivity contribution >= 4 is 57.3 Å². The summed E-state index contributed by atoms with van der Waals surface area (Å²) in [6.45, 7) is 1.05. The van der Waals surface area contributed by atoms with E-state index in [1.54, 1.807) is 4.90 Å². The second kappa shape index (κ2) is 9.94. The first-order valence-electron chi connectivity index (χ1n) is 11.1. The molecule has 1 atom stereocenters. The number of hydrogen-bond acceptors (Lipinski definition) is 7. The number of hydrogen-bond donors (Lipinski definition) is 1. The molecule has 3 aromatic rings. The number of nitrogens with one attached hydrogen (secondary N) is 1. The number of aryl methyl sites for hydroxylation is 1. The van der Waals surface area contributed by atoms with E-state index in [4.69, 9.17) is 0 Å². The summed E-state index contributed by atoms with van der Waals surface area (Å²) >= 11 is 2.55. The van der Waals surface area contributed by atoms with Gasteiger partial charge in [0.1, 0.15) is 0 Å². The van der Waals surface area contributed by atoms with Gasteiger partial charge in [0.15, 0.2) is 4.34 Å². The average Bonchev–Trinajstić information content (AvgIpc) is 3.49. The molecule has 10 heteroatoms. The van der Waals surface area contributed by atoms with Crippen molar-refractivity contribution in [1.82, 2.24) is 10.2 Å². The largest absolute Gasteiger partial charge is 0.312 e. The Hall–Kier alpha value is -3.24. The predicted molar refractivity (Wildman–Crippen MR) is 133 cm³/mol. The van der Waals surface area contributed by atoms with E-state index in [1.807, 2.05) is 53.4 Å². The number of benzene rings is 2. The van der Waals surface area contributed by atoms with Gasteiger partial charge in [-0.15, -0.1) is 10.2 Å². The van der Waals surface area contributed by atoms with Gasteiger partial charge in [0, 0.05) is 30.9 Å². The number of amides is 3. The Morgan fingerprint density at radius 1 is 1.09 bits per heavy atom. The van der Waals surface area contributed by atoms with Crippen LogP contribution in [0.3, 0.4) is 0 Å². The monoisotopic (exact) mass is 493 g/mol. The fourth-order valence-electron chi connectivity index (χ4n) is 4.26. The third-order valence-electron chi connectivity index (χ3n) is 5.93. The van der Waals surface area contributed by atoms with Gasteiger partial charge in [-0.25, -0.2) is 0 Å². The number of carbonyl (C=O) groups is 3. The van der Waals surface area contributed by atoms with Crippen molar-refractivity contribution in [3.63, 3.8) is 0 Å². The van der Waals surface area contributed by atoms with Crippen molar-refractivity contribution in [1.29, 1.82) is 0 Å². The fraction of sp³-hybridized carbons (Fsp3) is 0.292. The highest BCUT2D eigenvalue weighted by molar-refractivity contribution is 8.01. The van der Waals surface area contributed by atoms with Crippen LogP contribution in [0.2, 0.25) is 0 Å². The zero-order valence-electron chi connectivity index (χ0n) is 18.3. The summed E-state index contributed by atoms with van der Waals surface area (Å²) in [4.78, 5) is 41.4. The summed E-state index contributed by atoms with van der Waals surface area (Å²) in [6, 6.07) is 17.3. The lowest BCUT2D eigenvalue weighted by molar-refractivity contribution is -0.122. The Kier molecular flexibility index (Phi) is 6.59. The smallest absolute Gasteiger partial charge is 0.237 e. The molecule has 3 heterocycles. The minimum Gasteiger partial charge on any atom is -0.312 e. The maximum Gasteiger partial charge on any atom is 0.237 e. The molecule has 3 amide bonds. The zero-order chi connectivity index (χ0) is 23.5. The molecule has 174 valence electrons. The minimum absolute atomic E-state index is 0.0309. The van der Waals surface area contributed by atoms with Gasteiger partial charge in [0.05, 0.1) is 11.7 Å². The van der Waals surface area contributed by atoms with Crippen LogP contribution >= 0.6 is 23.1 Å². The van der Waals surface area contributed by atoms with Crippen LogP contribution in [0.25, 0.3) is 0 Å². The second-order valence-corrected chi connectivity index (χ2v) is 10.4. The molecule has 0 unspecified atom stereocenters. The highest BCUT2D eigenvalue weighted by Gasteiger charge is 2.35. The molecule has 0 aliphatic carbocycles. The molecule has 1 N–H and O–H groups in total. The molecular formula is C24H23N5O3S2. The van der Waals surface area contributed by atoms with Crippen molar-refractivity contribution in [3.8, 4) is 0 Å². The molecule has 0 bridgehead atoms. The fourth-order valence-corrected chi connectivity index (χ4v) is 5.89. The Labute approximate surface area is 205 Å². The van der Waals surface area contributed by atoms with E-state index in [0.29, 0.717) is 22.6 Å². The van der Waals surface area contributed by atoms with E-state index < -0.39 is 5.92 Å². The first kappa shape index (κ1) is 22.5. The summed E-state index contributed by atoms with van der Waals surface area (Å²) < 4.78 is 0.613. The van der Waals surface area contributed by atoms with Crippen LogP contribution in [0, 0.1) is 5.92 Å². The summed E-state index contributed by atoms with van der Waals surface area (Å²) in [5.41, 5.74) is 2.97. The van der Waals surface area contributed by atoms with E-state index >= 15 is 0 Å². The van der Waals surface area contributed by atoms with E-state index in [0.717, 1.165) is 24.2 Å². The number of anilines is 3. The molecule has 0 radical (unpaired) electrons. The van der Waals surface area contributed by atoms with Crippen LogP contribution in [-0.4, -0.2) is 46.8 Å². The van der Waals surface area contributed by atoms with Crippen LogP contribution in [0.15, 0.2) is 58.9 Å². The maximum atomic E-state index is 12.8. The lowest BCUT2D eigenvalue weighted by Crippen LogP contribution is -2.36. The predicted octanol–water partition coefficient (Wildman–Crippen LogP) is 3.60. The molecule has 2 aromatic carbocycles. The molecule has 1 saturated heterocycles. The van der Waals surface area contributed by atoms with Gasteiger partial charge in [-0.05, 0) is 36.6 Å². The third-order valence-corrected chi connectivity index (χ3v) is 7.89. The average molecular weight is 494 g/mol. The lowest BCUT2D eigenvalue weighted by atomic mass is 10.0. The minimum atomic E-state index is -0.451. The molecule has 8 nitrogen and oxygen atoms in total. The number of thioether (sulfide) groups is 1. The maximum absolute atomic E-state index is 12.8. The van der Waals surface area contributed by atoms with Gasteiger partial charge in [0.2, 0.25) is 22.9 Å². The lowest BCUT2D eigenvalue weighted by Gasteiger charge is -2.29. The molecule has 1 fully saturated rings. The number of carbonyl (C=O) groups excluding carboxylic acids is 3. The Bertz CT molecular complexity index is 1220. The van der Waals surface area contributed by atoms with E-state index in [-0.39, 0.29) is 29.9 Å². The SMILES string of the molecule is O=C(Nc1nnc(SCC(=O)N2CCCc3ccccc32)s1)[C@H]1CC(=O)N(c2ccccc2)C1. The van der Waals surface area contributed by atoms with E-state index in [9.17, 15) is 14.4 Å². The van der Waals surface area contributed by atoms with Crippen molar-refractivity contribution in [2.45, 2.75) is 23.6 Å². The Morgan fingerprint density at radius 3 is 2.74 bits per heavy atom. The molecule has 5 rings (SSSR count). The zero-order valence-corrected chi connectivity index (χ0v) is 20.0. The summed E-state index contributed by atoms with van der Waals surface area (Å²) in [7, 11) is 0. The van der Waals surface area contributed by atoms with Crippen LogP contribution in [-0.2, 0) is 20.8 Å². The number of nitrogens with zero attached hydrogens (tertiary/aromatic N) is 4. The van der Waals surface area contributed by atoms with Crippen molar-refractivity contribution in [2.24, 2.45) is 5.92 Å². The van der Waals surface area contributed by atoms with E-state index in [1.165, 1.54) is 28.7 Å². The van der Waals surface area contributed by atoms with Crippen molar-refractivity contribution < 1.29 is 14.4 Å². The van der Waals surface area contributed by atoms with Crippen molar-refractivity contribution in [3.05, 3.63) is 60.2 Å². The van der Waals surface area contributed by atoms with Crippen LogP contribution < -0.4 is 15.1 Å². The number of fused-ring (bicyclic) bond motifs is 1. The first-order chi connectivity index (χ1) is 16.6. The molecule has 2 aliphatic heterocycles. The molecule has 0 spiro atoms. The second-order valence-electron chi connectivity index (χ2n) is 8.17. The quantitative estimate of drug-likeness (QED) is 0.416. The van der Waals surface area contributed by atoms with Crippen LogP contribution in [0.5, 0.6) is 0 Å². The normalized spacial score (nSPS) is 17.5. The summed E-state index contributed by atoms with van der Waals surface area (Å²) in [5, 5.41) is 11.3. The van der Waals surface area contributed by atoms with Gasteiger partial charge in [-0.3, -0.25) is 14.4 Å². The van der Waals surface area contributed by atoms with Gasteiger partial charge < -0.3 is 15.1 Å². The van der Waals surface area contributed by atoms with Gasteiger partial charge in [-0.1, -0.05) is 59.5 Å². The van der Waals surface area contributed by atoms with Crippen LogP contribution in [0.4, 0.5) is 16.5 Å².